The number of hydrogen-bond acceptors (Lipinski definition) is 6. The molecule has 3 aromatic heterocycles. The Labute approximate surface area is 301 Å². The number of benzene rings is 7. The van der Waals surface area contributed by atoms with E-state index in [4.69, 9.17) is 9.41 Å². The van der Waals surface area contributed by atoms with E-state index in [2.05, 4.69) is 162 Å². The first-order valence-corrected chi connectivity index (χ1v) is 18.8. The summed E-state index contributed by atoms with van der Waals surface area (Å²) in [5, 5.41) is 15.1. The lowest BCUT2D eigenvalue weighted by Crippen LogP contribution is -2.45. The Morgan fingerprint density at radius 3 is 2.06 bits per heavy atom. The quantitative estimate of drug-likeness (QED) is 0.193. The molecule has 7 aromatic carbocycles. The van der Waals surface area contributed by atoms with Crippen LogP contribution in [0.5, 0.6) is 0 Å². The summed E-state index contributed by atoms with van der Waals surface area (Å²) >= 11 is 3.68. The molecule has 2 atom stereocenters. The van der Waals surface area contributed by atoms with Crippen molar-refractivity contribution < 1.29 is 4.42 Å². The average molecular weight is 692 g/mol. The zero-order chi connectivity index (χ0) is 33.5. The molecule has 11 rings (SSSR count). The van der Waals surface area contributed by atoms with Gasteiger partial charge in [0.1, 0.15) is 29.3 Å². The fraction of sp³-hybridized carbons (Fsp3) is 0.0444. The molecule has 2 unspecified atom stereocenters. The summed E-state index contributed by atoms with van der Waals surface area (Å²) in [5.74, 6) is 0.880. The number of rotatable bonds is 4. The van der Waals surface area contributed by atoms with Gasteiger partial charge in [-0.15, -0.1) is 22.7 Å². The van der Waals surface area contributed by atoms with Gasteiger partial charge in [-0.05, 0) is 53.1 Å². The van der Waals surface area contributed by atoms with E-state index >= 15 is 0 Å². The van der Waals surface area contributed by atoms with Crippen LogP contribution in [-0.2, 0) is 0 Å². The first kappa shape index (κ1) is 29.0. The van der Waals surface area contributed by atoms with Crippen molar-refractivity contribution in [3.05, 3.63) is 168 Å². The maximum absolute atomic E-state index is 6.61. The highest BCUT2D eigenvalue weighted by molar-refractivity contribution is 7.26. The molecule has 1 aliphatic heterocycles. The normalized spacial score (nSPS) is 16.4. The van der Waals surface area contributed by atoms with Gasteiger partial charge in [-0.3, -0.25) is 5.32 Å². The second kappa shape index (κ2) is 11.4. The standard InChI is InChI=1S/C45H29N3OS2/c1-2-11-26(12-3-1)43-46-44(48-45(47-43)34-18-8-16-32-30-14-5-7-22-38(30)51-42(32)34)33-17-10-20-36-41(33)40-28(15-9-19-35(40)49-36)27-23-24-31-29-13-4-6-21-37(29)50-39(31)25-27/h1-25,43-44,46H,(H,47,48). The third-order valence-corrected chi connectivity index (χ3v) is 12.5. The minimum atomic E-state index is -0.250. The molecule has 51 heavy (non-hydrogen) atoms. The molecule has 4 heterocycles. The molecule has 0 fully saturated rings. The number of hydrogen-bond donors (Lipinski definition) is 2. The lowest BCUT2D eigenvalue weighted by molar-refractivity contribution is 0.411. The van der Waals surface area contributed by atoms with Crippen LogP contribution in [0.25, 0.3) is 73.4 Å². The van der Waals surface area contributed by atoms with Crippen molar-refractivity contribution in [2.45, 2.75) is 12.3 Å². The van der Waals surface area contributed by atoms with Gasteiger partial charge in [0, 0.05) is 62.2 Å². The van der Waals surface area contributed by atoms with Gasteiger partial charge < -0.3 is 9.73 Å². The Morgan fingerprint density at radius 1 is 0.529 bits per heavy atom. The maximum Gasteiger partial charge on any atom is 0.136 e. The summed E-state index contributed by atoms with van der Waals surface area (Å²) in [5.41, 5.74) is 7.45. The highest BCUT2D eigenvalue weighted by Gasteiger charge is 2.29. The Morgan fingerprint density at radius 2 is 1.20 bits per heavy atom. The lowest BCUT2D eigenvalue weighted by atomic mass is 9.95. The van der Waals surface area contributed by atoms with Crippen LogP contribution in [0.15, 0.2) is 161 Å². The molecule has 6 heteroatoms. The van der Waals surface area contributed by atoms with Crippen LogP contribution >= 0.6 is 22.7 Å². The first-order chi connectivity index (χ1) is 25.3. The van der Waals surface area contributed by atoms with Crippen LogP contribution in [-0.4, -0.2) is 5.84 Å². The van der Waals surface area contributed by atoms with Crippen LogP contribution in [0.4, 0.5) is 0 Å². The Hall–Kier alpha value is -5.79. The first-order valence-electron chi connectivity index (χ1n) is 17.2. The largest absolute Gasteiger partial charge is 0.456 e. The second-order valence-electron chi connectivity index (χ2n) is 13.1. The van der Waals surface area contributed by atoms with E-state index in [1.165, 1.54) is 45.9 Å². The van der Waals surface area contributed by atoms with Gasteiger partial charge in [-0.1, -0.05) is 115 Å². The van der Waals surface area contributed by atoms with Crippen molar-refractivity contribution >= 4 is 90.8 Å². The van der Waals surface area contributed by atoms with Gasteiger partial charge in [0.05, 0.1) is 0 Å². The van der Waals surface area contributed by atoms with E-state index in [-0.39, 0.29) is 12.3 Å². The highest BCUT2D eigenvalue weighted by atomic mass is 32.1. The Bertz CT molecular complexity index is 3010. The number of amidine groups is 1. The third-order valence-electron chi connectivity index (χ3n) is 10.2. The number of thiophene rings is 2. The summed E-state index contributed by atoms with van der Waals surface area (Å²) in [6.07, 6.45) is -0.490. The van der Waals surface area contributed by atoms with Gasteiger partial charge >= 0.3 is 0 Å². The highest BCUT2D eigenvalue weighted by Crippen LogP contribution is 2.43. The second-order valence-corrected chi connectivity index (χ2v) is 15.3. The van der Waals surface area contributed by atoms with E-state index in [0.29, 0.717) is 0 Å². The molecule has 0 saturated heterocycles. The van der Waals surface area contributed by atoms with Crippen LogP contribution < -0.4 is 10.6 Å². The van der Waals surface area contributed by atoms with E-state index in [9.17, 15) is 0 Å². The zero-order valence-electron chi connectivity index (χ0n) is 27.3. The predicted molar refractivity (Wildman–Crippen MR) is 216 cm³/mol. The predicted octanol–water partition coefficient (Wildman–Crippen LogP) is 12.3. The van der Waals surface area contributed by atoms with Crippen molar-refractivity contribution in [1.82, 2.24) is 10.6 Å². The van der Waals surface area contributed by atoms with Gasteiger partial charge in [0.15, 0.2) is 0 Å². The molecule has 0 aliphatic carbocycles. The molecule has 10 aromatic rings. The van der Waals surface area contributed by atoms with Crippen molar-refractivity contribution in [1.29, 1.82) is 0 Å². The molecule has 0 saturated carbocycles. The number of aliphatic imine (C=N–C) groups is 1. The van der Waals surface area contributed by atoms with E-state index in [1.54, 1.807) is 0 Å². The smallest absolute Gasteiger partial charge is 0.136 e. The minimum absolute atomic E-state index is 0.241. The van der Waals surface area contributed by atoms with Crippen molar-refractivity contribution in [2.24, 2.45) is 4.99 Å². The summed E-state index contributed by atoms with van der Waals surface area (Å²) in [7, 11) is 0. The van der Waals surface area contributed by atoms with Crippen molar-refractivity contribution in [2.75, 3.05) is 0 Å². The molecule has 2 N–H and O–H groups in total. The summed E-state index contributed by atoms with van der Waals surface area (Å²) in [6, 6.07) is 54.1. The number of nitrogens with zero attached hydrogens (tertiary/aromatic N) is 1. The summed E-state index contributed by atoms with van der Waals surface area (Å²) in [4.78, 5) is 5.34. The number of furan rings is 1. The molecule has 242 valence electrons. The van der Waals surface area contributed by atoms with Crippen LogP contribution in [0.3, 0.4) is 0 Å². The SMILES string of the molecule is c1ccc(C2N=C(c3cccc4c3sc3ccccc34)NC(c3cccc4oc5cccc(-c6ccc7c(c6)sc6ccccc67)c5c34)N2)cc1. The topological polar surface area (TPSA) is 49.6 Å². The number of fused-ring (bicyclic) bond motifs is 9. The summed E-state index contributed by atoms with van der Waals surface area (Å²) in [6.45, 7) is 0. The Kier molecular flexibility index (Phi) is 6.46. The number of nitrogens with one attached hydrogen (secondary N) is 2. The third kappa shape index (κ3) is 4.58. The van der Waals surface area contributed by atoms with E-state index < -0.39 is 0 Å². The van der Waals surface area contributed by atoms with E-state index in [1.807, 2.05) is 22.7 Å². The molecule has 4 nitrogen and oxygen atoms in total. The van der Waals surface area contributed by atoms with Crippen molar-refractivity contribution in [3.63, 3.8) is 0 Å². The van der Waals surface area contributed by atoms with Crippen LogP contribution in [0.1, 0.15) is 29.0 Å². The van der Waals surface area contributed by atoms with Gasteiger partial charge in [0.25, 0.3) is 0 Å². The lowest BCUT2D eigenvalue weighted by Gasteiger charge is -2.32. The zero-order valence-corrected chi connectivity index (χ0v) is 28.9. The fourth-order valence-corrected chi connectivity index (χ4v) is 10.2. The van der Waals surface area contributed by atoms with Crippen LogP contribution in [0, 0.1) is 0 Å². The fourth-order valence-electron chi connectivity index (χ4n) is 7.86. The van der Waals surface area contributed by atoms with Crippen molar-refractivity contribution in [3.8, 4) is 11.1 Å². The average Bonchev–Trinajstić information content (AvgIpc) is 3.89. The molecular formula is C45H29N3OS2. The minimum Gasteiger partial charge on any atom is -0.456 e. The van der Waals surface area contributed by atoms with Gasteiger partial charge in [-0.25, -0.2) is 4.99 Å². The molecule has 1 aliphatic rings. The van der Waals surface area contributed by atoms with Gasteiger partial charge in [-0.2, -0.15) is 0 Å². The summed E-state index contributed by atoms with van der Waals surface area (Å²) < 4.78 is 11.7. The van der Waals surface area contributed by atoms with Gasteiger partial charge in [0.2, 0.25) is 0 Å². The molecule has 0 bridgehead atoms. The molecular weight excluding hydrogens is 663 g/mol. The maximum atomic E-state index is 6.61. The monoisotopic (exact) mass is 691 g/mol. The van der Waals surface area contributed by atoms with Crippen LogP contribution in [0.2, 0.25) is 0 Å². The van der Waals surface area contributed by atoms with E-state index in [0.717, 1.165) is 50.0 Å². The Balaban J connectivity index is 1.10. The molecule has 0 spiro atoms. The molecule has 0 radical (unpaired) electrons. The molecule has 0 amide bonds.